The Morgan fingerprint density at radius 2 is 0.591 bits per heavy atom. The number of ether oxygens (including phenoxy) is 6. The zero-order chi connectivity index (χ0) is 77.6. The summed E-state index contributed by atoms with van der Waals surface area (Å²) in [4.78, 5) is 38.1. The predicted octanol–water partition coefficient (Wildman–Crippen LogP) is 27.5. The van der Waals surface area contributed by atoms with E-state index in [2.05, 4.69) is 201 Å². The Kier molecular flexibility index (Phi) is 33.1. The predicted molar refractivity (Wildman–Crippen MR) is 461 cm³/mol. The lowest BCUT2D eigenvalue weighted by Gasteiger charge is -2.21. The number of benzene rings is 4. The molecule has 6 unspecified atom stereocenters. The second-order valence-electron chi connectivity index (χ2n) is 31.0. The maximum Gasteiger partial charge on any atom is 0.194 e. The molecule has 0 amide bonds. The highest BCUT2D eigenvalue weighted by atomic mass is 16.5. The molecule has 0 fully saturated rings. The first-order valence-electron chi connectivity index (χ1n) is 42.8. The number of carbonyl (C=O) groups is 1. The van der Waals surface area contributed by atoms with Crippen molar-refractivity contribution >= 4 is 52.2 Å². The van der Waals surface area contributed by atoms with Crippen molar-refractivity contribution in [1.82, 2.24) is 24.9 Å². The van der Waals surface area contributed by atoms with Gasteiger partial charge in [-0.3, -0.25) is 9.78 Å². The third-order valence-electron chi connectivity index (χ3n) is 22.9. The Morgan fingerprint density at radius 3 is 0.855 bits per heavy atom. The van der Waals surface area contributed by atoms with E-state index < -0.39 is 0 Å². The SMILES string of the molecule is CCCCC(CC)COc1ccc(-c2c3nc(c(-c4ccc(OCC(CC)CCCC)c(OCC(CC)CCCC)c4)c4ccc([nH]4)c(-c4ccc(OCC(CC)CCCC)c(OCC(CC)CCCC)c4)c4nc(c(-c5ccc(C(=O)c6cccnc6)cc5)c5ccc2[nH]5)C=C4)C=C3)cc1OCC(CC)CCCC. The van der Waals surface area contributed by atoms with Crippen LogP contribution in [-0.4, -0.2) is 70.3 Å². The smallest absolute Gasteiger partial charge is 0.194 e. The summed E-state index contributed by atoms with van der Waals surface area (Å²) in [5.74, 6) is 6.76. The van der Waals surface area contributed by atoms with Crippen LogP contribution in [-0.2, 0) is 0 Å². The van der Waals surface area contributed by atoms with Gasteiger partial charge in [0.25, 0.3) is 0 Å². The van der Waals surface area contributed by atoms with Crippen molar-refractivity contribution in [1.29, 1.82) is 0 Å². The quantitative estimate of drug-likeness (QED) is 0.0354. The number of aromatic nitrogens is 5. The fourth-order valence-corrected chi connectivity index (χ4v) is 15.2. The van der Waals surface area contributed by atoms with Gasteiger partial charge in [0.15, 0.2) is 40.3 Å². The Morgan fingerprint density at radius 1 is 0.318 bits per heavy atom. The number of nitrogens with one attached hydrogen (secondary N) is 2. The molecule has 12 heteroatoms. The summed E-state index contributed by atoms with van der Waals surface area (Å²) in [7, 11) is 0. The molecule has 4 aromatic heterocycles. The number of pyridine rings is 1. The van der Waals surface area contributed by atoms with Crippen molar-refractivity contribution in [2.24, 2.45) is 35.5 Å². The van der Waals surface area contributed by atoms with Crippen LogP contribution < -0.4 is 28.4 Å². The van der Waals surface area contributed by atoms with Crippen molar-refractivity contribution in [3.05, 3.63) is 162 Å². The Bertz CT molecular complexity index is 4330. The number of unbranched alkanes of at least 4 members (excludes halogenated alkanes) is 6. The number of hydrogen-bond donors (Lipinski definition) is 2. The number of carbonyl (C=O) groups excluding carboxylic acids is 1. The van der Waals surface area contributed by atoms with Gasteiger partial charge in [0.05, 0.1) is 62.4 Å². The minimum absolute atomic E-state index is 0.101. The molecule has 110 heavy (non-hydrogen) atoms. The molecule has 8 aromatic rings. The molecule has 0 saturated heterocycles. The van der Waals surface area contributed by atoms with Gasteiger partial charge >= 0.3 is 0 Å². The van der Waals surface area contributed by atoms with Gasteiger partial charge in [-0.25, -0.2) is 9.97 Å². The van der Waals surface area contributed by atoms with Gasteiger partial charge in [-0.05, 0) is 193 Å². The molecule has 2 aliphatic rings. The lowest BCUT2D eigenvalue weighted by atomic mass is 9.99. The summed E-state index contributed by atoms with van der Waals surface area (Å²) in [5.41, 5.74) is 14.7. The van der Waals surface area contributed by atoms with Crippen LogP contribution in [0.15, 0.2) is 128 Å². The Labute approximate surface area is 659 Å². The highest BCUT2D eigenvalue weighted by molar-refractivity contribution is 6.09. The number of fused-ring (bicyclic) bond motifs is 8. The maximum atomic E-state index is 14.1. The third-order valence-corrected chi connectivity index (χ3v) is 22.9. The topological polar surface area (TPSA) is 143 Å². The second kappa shape index (κ2) is 43.6. The number of ketones is 1. The summed E-state index contributed by atoms with van der Waals surface area (Å²) in [6.07, 6.45) is 38.6. The number of aromatic amines is 2. The first-order valence-corrected chi connectivity index (χ1v) is 42.8. The van der Waals surface area contributed by atoms with Gasteiger partial charge < -0.3 is 38.4 Å². The molecule has 10 rings (SSSR count). The third kappa shape index (κ3) is 22.5. The van der Waals surface area contributed by atoms with Crippen molar-refractivity contribution < 1.29 is 33.2 Å². The average molecular weight is 1490 g/mol. The minimum Gasteiger partial charge on any atom is -0.489 e. The van der Waals surface area contributed by atoms with Crippen molar-refractivity contribution in [2.45, 2.75) is 237 Å². The number of nitrogens with zero attached hydrogens (tertiary/aromatic N) is 3. The van der Waals surface area contributed by atoms with Crippen LogP contribution in [0.2, 0.25) is 0 Å². The summed E-state index contributed by atoms with van der Waals surface area (Å²) in [5, 5.41) is 0. The molecule has 0 aliphatic carbocycles. The molecule has 6 heterocycles. The van der Waals surface area contributed by atoms with Gasteiger partial charge in [-0.15, -0.1) is 0 Å². The van der Waals surface area contributed by atoms with Gasteiger partial charge in [-0.1, -0.05) is 241 Å². The van der Waals surface area contributed by atoms with E-state index in [1.54, 1.807) is 18.5 Å². The van der Waals surface area contributed by atoms with E-state index in [0.717, 1.165) is 259 Å². The van der Waals surface area contributed by atoms with Gasteiger partial charge in [0.1, 0.15) is 0 Å². The van der Waals surface area contributed by atoms with E-state index >= 15 is 0 Å². The molecule has 8 bridgehead atoms. The van der Waals surface area contributed by atoms with Crippen LogP contribution >= 0.6 is 0 Å². The number of hydrogen-bond acceptors (Lipinski definition) is 10. The molecule has 0 spiro atoms. The lowest BCUT2D eigenvalue weighted by Crippen LogP contribution is -2.14. The lowest BCUT2D eigenvalue weighted by molar-refractivity contribution is 0.103. The normalized spacial score (nSPS) is 13.6. The molecule has 6 atom stereocenters. The number of rotatable bonds is 48. The van der Waals surface area contributed by atoms with Crippen LogP contribution in [0.5, 0.6) is 34.5 Å². The minimum atomic E-state index is -0.101. The van der Waals surface area contributed by atoms with Crippen LogP contribution in [0.4, 0.5) is 0 Å². The standard InChI is InChI=1S/C98H129N5O7/c1-13-25-32-68(19-7)62-105-88-54-43-76(58-91(88)108-65-71(22-10)35-28-16-4)95-82-48-46-80(100-82)94(74-39-41-75(42-40-74)98(104)79-38-31-57-99-61-79)81-47-49-83(101-81)96(77-44-55-89(106-63-69(20-8)33-26-14-2)92(59-77)109-66-72(23-11)36-29-17-5)85-51-53-87(103-85)97(86-52-50-84(95)102-86)78-45-56-90(107-64-70(21-9)34-27-15-3)93(60-78)110-67-73(24-12)37-30-18-6/h31,38-61,68-73,100,103H,13-30,32-37,62-67H2,1-12H3. The summed E-state index contributed by atoms with van der Waals surface area (Å²) in [6.45, 7) is 30.8. The Balaban J connectivity index is 1.28. The molecular formula is C98H129N5O7. The maximum absolute atomic E-state index is 14.1. The van der Waals surface area contributed by atoms with Crippen LogP contribution in [0, 0.1) is 35.5 Å². The highest BCUT2D eigenvalue weighted by Gasteiger charge is 2.25. The fraction of sp³-hybridized carbons (Fsp3) is 0.490. The summed E-state index contributed by atoms with van der Waals surface area (Å²) < 4.78 is 42.0. The first kappa shape index (κ1) is 83.6. The van der Waals surface area contributed by atoms with Crippen LogP contribution in [0.1, 0.15) is 276 Å². The molecule has 12 nitrogen and oxygen atoms in total. The van der Waals surface area contributed by atoms with Crippen molar-refractivity contribution in [3.8, 4) is 79.0 Å². The largest absolute Gasteiger partial charge is 0.489 e. The monoisotopic (exact) mass is 1490 g/mol. The van der Waals surface area contributed by atoms with E-state index in [1.165, 1.54) is 19.3 Å². The molecule has 0 radical (unpaired) electrons. The van der Waals surface area contributed by atoms with Gasteiger partial charge in [0, 0.05) is 67.8 Å². The van der Waals surface area contributed by atoms with E-state index in [4.69, 9.17) is 38.4 Å². The highest BCUT2D eigenvalue weighted by Crippen LogP contribution is 2.45. The zero-order valence-electron chi connectivity index (χ0n) is 68.8. The van der Waals surface area contributed by atoms with Crippen LogP contribution in [0.3, 0.4) is 0 Å². The average Bonchev–Trinajstić information content (AvgIpc) is 1.60. The summed E-state index contributed by atoms with van der Waals surface area (Å²) >= 11 is 0. The second-order valence-corrected chi connectivity index (χ2v) is 31.0. The van der Waals surface area contributed by atoms with E-state index in [9.17, 15) is 4.79 Å². The first-order chi connectivity index (χ1) is 53.9. The summed E-state index contributed by atoms with van der Waals surface area (Å²) in [6, 6.07) is 39.7. The molecule has 4 aromatic carbocycles. The van der Waals surface area contributed by atoms with E-state index in [0.29, 0.717) is 86.3 Å². The molecular weight excluding hydrogens is 1360 g/mol. The van der Waals surface area contributed by atoms with Gasteiger partial charge in [0.2, 0.25) is 0 Å². The van der Waals surface area contributed by atoms with E-state index in [-0.39, 0.29) is 5.78 Å². The van der Waals surface area contributed by atoms with Gasteiger partial charge in [-0.2, -0.15) is 0 Å². The fourth-order valence-electron chi connectivity index (χ4n) is 15.2. The molecule has 588 valence electrons. The van der Waals surface area contributed by atoms with E-state index in [1.807, 2.05) is 30.3 Å². The van der Waals surface area contributed by atoms with Crippen molar-refractivity contribution in [3.63, 3.8) is 0 Å². The van der Waals surface area contributed by atoms with Crippen LogP contribution in [0.25, 0.3) is 90.9 Å². The zero-order valence-corrected chi connectivity index (χ0v) is 68.8. The molecule has 2 aliphatic heterocycles. The number of H-pyrrole nitrogens is 2. The Hall–Kier alpha value is -8.90. The molecule has 2 N–H and O–H groups in total. The van der Waals surface area contributed by atoms with Crippen molar-refractivity contribution in [2.75, 3.05) is 39.6 Å². The molecule has 0 saturated carbocycles.